The van der Waals surface area contributed by atoms with Gasteiger partial charge in [-0.25, -0.2) is 0 Å². The topological polar surface area (TPSA) is 38.5 Å². The molecule has 0 spiro atoms. The summed E-state index contributed by atoms with van der Waals surface area (Å²) in [6.45, 7) is 2.68. The Morgan fingerprint density at radius 1 is 1.50 bits per heavy atom. The number of rotatable bonds is 2. The normalized spacial score (nSPS) is 27.3. The van der Waals surface area contributed by atoms with Crippen LogP contribution in [0.3, 0.4) is 0 Å². The second-order valence-corrected chi connectivity index (χ2v) is 6.29. The van der Waals surface area contributed by atoms with Crippen molar-refractivity contribution in [1.29, 1.82) is 0 Å². The van der Waals surface area contributed by atoms with Crippen molar-refractivity contribution < 1.29 is 4.74 Å². The minimum atomic E-state index is 0.447. The molecule has 0 bridgehead atoms. The fourth-order valence-electron chi connectivity index (χ4n) is 3.19. The van der Waals surface area contributed by atoms with E-state index in [2.05, 4.69) is 40.0 Å². The van der Waals surface area contributed by atoms with Gasteiger partial charge in [-0.2, -0.15) is 0 Å². The third kappa shape index (κ3) is 2.06. The maximum Gasteiger partial charge on any atom is 0.127 e. The van der Waals surface area contributed by atoms with Crippen molar-refractivity contribution in [3.8, 4) is 5.75 Å². The van der Waals surface area contributed by atoms with E-state index in [4.69, 9.17) is 10.5 Å². The zero-order valence-electron chi connectivity index (χ0n) is 10.7. The third-order valence-electron chi connectivity index (χ3n) is 4.10. The number of likely N-dealkylation sites (tertiary alicyclic amines) is 1. The Kier molecular flexibility index (Phi) is 3.34. The van der Waals surface area contributed by atoms with E-state index >= 15 is 0 Å². The lowest BCUT2D eigenvalue weighted by atomic mass is 9.97. The Bertz CT molecular complexity index is 463. The summed E-state index contributed by atoms with van der Waals surface area (Å²) < 4.78 is 6.99. The molecule has 4 heteroatoms. The molecule has 2 aliphatic rings. The maximum atomic E-state index is 5.84. The van der Waals surface area contributed by atoms with Gasteiger partial charge in [0.1, 0.15) is 5.75 Å². The van der Waals surface area contributed by atoms with Crippen LogP contribution in [0, 0.1) is 5.92 Å². The van der Waals surface area contributed by atoms with Crippen molar-refractivity contribution >= 4 is 15.9 Å². The second-order valence-electron chi connectivity index (χ2n) is 5.37. The van der Waals surface area contributed by atoms with Crippen LogP contribution in [0.2, 0.25) is 0 Å². The molecule has 3 rings (SSSR count). The molecule has 1 aromatic rings. The summed E-state index contributed by atoms with van der Waals surface area (Å²) in [6, 6.07) is 4.84. The fourth-order valence-corrected chi connectivity index (χ4v) is 3.71. The number of fused-ring (bicyclic) bond motifs is 1. The number of halogens is 1. The molecule has 1 aromatic carbocycles. The van der Waals surface area contributed by atoms with E-state index in [-0.39, 0.29) is 0 Å². The van der Waals surface area contributed by atoms with Crippen molar-refractivity contribution in [3.05, 3.63) is 27.7 Å². The predicted molar refractivity (Wildman–Crippen MR) is 75.9 cm³/mol. The molecule has 3 nitrogen and oxygen atoms in total. The molecule has 18 heavy (non-hydrogen) atoms. The zero-order chi connectivity index (χ0) is 12.7. The maximum absolute atomic E-state index is 5.84. The van der Waals surface area contributed by atoms with Gasteiger partial charge in [0.05, 0.1) is 6.61 Å². The van der Waals surface area contributed by atoms with Gasteiger partial charge in [-0.1, -0.05) is 15.9 Å². The molecular weight excluding hydrogens is 292 g/mol. The molecule has 0 aromatic heterocycles. The molecule has 0 radical (unpaired) electrons. The van der Waals surface area contributed by atoms with Gasteiger partial charge in [0.2, 0.25) is 0 Å². The molecule has 0 saturated carbocycles. The summed E-state index contributed by atoms with van der Waals surface area (Å²) in [6.07, 6.45) is 2.16. The second kappa shape index (κ2) is 4.83. The highest BCUT2D eigenvalue weighted by Crippen LogP contribution is 2.43. The van der Waals surface area contributed by atoms with Crippen LogP contribution in [0.25, 0.3) is 0 Å². The zero-order valence-corrected chi connectivity index (χ0v) is 12.2. The average Bonchev–Trinajstić information content (AvgIpc) is 2.94. The van der Waals surface area contributed by atoms with Crippen LogP contribution in [-0.4, -0.2) is 31.6 Å². The highest BCUT2D eigenvalue weighted by Gasteiger charge is 2.33. The van der Waals surface area contributed by atoms with Gasteiger partial charge in [-0.05, 0) is 43.6 Å². The van der Waals surface area contributed by atoms with Crippen molar-refractivity contribution in [2.24, 2.45) is 11.7 Å². The summed E-state index contributed by atoms with van der Waals surface area (Å²) in [5, 5.41) is 0. The van der Waals surface area contributed by atoms with E-state index in [0.29, 0.717) is 12.0 Å². The molecule has 1 fully saturated rings. The largest absolute Gasteiger partial charge is 0.493 e. The highest BCUT2D eigenvalue weighted by atomic mass is 79.9. The predicted octanol–water partition coefficient (Wildman–Crippen LogP) is 2.34. The number of ether oxygens (including phenoxy) is 1. The molecule has 2 N–H and O–H groups in total. The van der Waals surface area contributed by atoms with E-state index < -0.39 is 0 Å². The monoisotopic (exact) mass is 310 g/mol. The van der Waals surface area contributed by atoms with Gasteiger partial charge in [0.15, 0.2) is 0 Å². The standard InChI is InChI=1S/C14H19BrN2O/c1-17-8-9(7-16)4-13(17)12-6-11(15)5-10-2-3-18-14(10)12/h5-6,9,13H,2-4,7-8,16H2,1H3. The molecule has 0 aliphatic carbocycles. The smallest absolute Gasteiger partial charge is 0.127 e. The first-order valence-electron chi connectivity index (χ1n) is 6.54. The Morgan fingerprint density at radius 3 is 3.06 bits per heavy atom. The summed E-state index contributed by atoms with van der Waals surface area (Å²) in [5.74, 6) is 1.73. The molecular formula is C14H19BrN2O. The average molecular weight is 311 g/mol. The first kappa shape index (κ1) is 12.5. The van der Waals surface area contributed by atoms with E-state index in [1.54, 1.807) is 0 Å². The number of hydrogen-bond donors (Lipinski definition) is 1. The minimum absolute atomic E-state index is 0.447. The van der Waals surface area contributed by atoms with Gasteiger partial charge in [0.25, 0.3) is 0 Å². The van der Waals surface area contributed by atoms with Crippen LogP contribution in [0.4, 0.5) is 0 Å². The van der Waals surface area contributed by atoms with Crippen molar-refractivity contribution in [2.75, 3.05) is 26.7 Å². The van der Waals surface area contributed by atoms with Crippen LogP contribution in [0.5, 0.6) is 5.75 Å². The molecule has 0 amide bonds. The van der Waals surface area contributed by atoms with Gasteiger partial charge in [0, 0.05) is 29.0 Å². The number of nitrogens with two attached hydrogens (primary N) is 1. The van der Waals surface area contributed by atoms with E-state index in [1.807, 2.05) is 0 Å². The lowest BCUT2D eigenvalue weighted by molar-refractivity contribution is 0.297. The van der Waals surface area contributed by atoms with Crippen LogP contribution in [0.1, 0.15) is 23.6 Å². The molecule has 98 valence electrons. The van der Waals surface area contributed by atoms with Crippen molar-refractivity contribution in [3.63, 3.8) is 0 Å². The van der Waals surface area contributed by atoms with Gasteiger partial charge >= 0.3 is 0 Å². The van der Waals surface area contributed by atoms with Crippen LogP contribution in [-0.2, 0) is 6.42 Å². The van der Waals surface area contributed by atoms with Crippen molar-refractivity contribution in [2.45, 2.75) is 18.9 Å². The Labute approximate surface area is 116 Å². The number of nitrogens with zero attached hydrogens (tertiary/aromatic N) is 1. The Hall–Kier alpha value is -0.580. The number of benzene rings is 1. The van der Waals surface area contributed by atoms with Crippen LogP contribution in [0.15, 0.2) is 16.6 Å². The van der Waals surface area contributed by atoms with E-state index in [1.165, 1.54) is 11.1 Å². The van der Waals surface area contributed by atoms with Crippen molar-refractivity contribution in [1.82, 2.24) is 4.90 Å². The Morgan fingerprint density at radius 2 is 2.33 bits per heavy atom. The first-order chi connectivity index (χ1) is 8.69. The third-order valence-corrected chi connectivity index (χ3v) is 4.56. The van der Waals surface area contributed by atoms with E-state index in [0.717, 1.165) is 42.8 Å². The summed E-state index contributed by atoms with van der Waals surface area (Å²) in [4.78, 5) is 2.40. The van der Waals surface area contributed by atoms with Crippen LogP contribution >= 0.6 is 15.9 Å². The molecule has 2 heterocycles. The lowest BCUT2D eigenvalue weighted by Crippen LogP contribution is -2.20. The SMILES string of the molecule is CN1CC(CN)CC1c1cc(Br)cc2c1OCC2. The van der Waals surface area contributed by atoms with Gasteiger partial charge < -0.3 is 10.5 Å². The minimum Gasteiger partial charge on any atom is -0.493 e. The summed E-state index contributed by atoms with van der Waals surface area (Å²) in [5.41, 5.74) is 8.48. The molecule has 1 saturated heterocycles. The van der Waals surface area contributed by atoms with Gasteiger partial charge in [-0.3, -0.25) is 4.90 Å². The van der Waals surface area contributed by atoms with Gasteiger partial charge in [-0.15, -0.1) is 0 Å². The number of hydrogen-bond acceptors (Lipinski definition) is 3. The quantitative estimate of drug-likeness (QED) is 0.911. The Balaban J connectivity index is 1.97. The molecule has 2 unspecified atom stereocenters. The summed E-state index contributed by atoms with van der Waals surface area (Å²) in [7, 11) is 2.18. The highest BCUT2D eigenvalue weighted by molar-refractivity contribution is 9.10. The first-order valence-corrected chi connectivity index (χ1v) is 7.33. The fraction of sp³-hybridized carbons (Fsp3) is 0.571. The summed E-state index contributed by atoms with van der Waals surface area (Å²) >= 11 is 3.62. The van der Waals surface area contributed by atoms with E-state index in [9.17, 15) is 0 Å². The molecule has 2 aliphatic heterocycles. The molecule has 2 atom stereocenters. The lowest BCUT2D eigenvalue weighted by Gasteiger charge is -2.22. The van der Waals surface area contributed by atoms with Crippen LogP contribution < -0.4 is 10.5 Å².